The molecule has 1 heterocycles. The van der Waals surface area contributed by atoms with Crippen LogP contribution in [0.15, 0.2) is 0 Å². The molecule has 2 atom stereocenters. The van der Waals surface area contributed by atoms with Crippen LogP contribution in [0.3, 0.4) is 0 Å². The summed E-state index contributed by atoms with van der Waals surface area (Å²) in [5.41, 5.74) is 0. The Labute approximate surface area is 99.6 Å². The Morgan fingerprint density at radius 1 is 1.18 bits per heavy atom. The monoisotopic (exact) mass is 243 g/mol. The summed E-state index contributed by atoms with van der Waals surface area (Å²) in [6, 6.07) is 0. The molecule has 0 bridgehead atoms. The molecule has 0 radical (unpaired) electrons. The van der Waals surface area contributed by atoms with Gasteiger partial charge in [0.2, 0.25) is 5.91 Å². The maximum absolute atomic E-state index is 11.7. The molecule has 1 fully saturated rings. The molecule has 1 N–H and O–H groups in total. The highest BCUT2D eigenvalue weighted by Crippen LogP contribution is 2.22. The second-order valence-electron chi connectivity index (χ2n) is 3.73. The van der Waals surface area contributed by atoms with E-state index in [1.54, 1.807) is 13.8 Å². The topological polar surface area (TPSA) is 81.7 Å². The quantitative estimate of drug-likeness (QED) is 0.695. The van der Waals surface area contributed by atoms with E-state index in [4.69, 9.17) is 9.47 Å². The third kappa shape index (κ3) is 3.44. The Morgan fingerprint density at radius 3 is 2.24 bits per heavy atom. The number of ether oxygens (including phenoxy) is 2. The van der Waals surface area contributed by atoms with Crippen LogP contribution in [-0.2, 0) is 23.9 Å². The van der Waals surface area contributed by atoms with E-state index >= 15 is 0 Å². The van der Waals surface area contributed by atoms with Gasteiger partial charge in [0, 0.05) is 13.0 Å². The Balaban J connectivity index is 2.74. The van der Waals surface area contributed by atoms with Gasteiger partial charge in [0.15, 0.2) is 0 Å². The maximum Gasteiger partial charge on any atom is 0.311 e. The van der Waals surface area contributed by atoms with Crippen molar-refractivity contribution in [2.75, 3.05) is 19.8 Å². The van der Waals surface area contributed by atoms with Crippen LogP contribution in [0.25, 0.3) is 0 Å². The Bertz CT molecular complexity index is 315. The van der Waals surface area contributed by atoms with Crippen LogP contribution in [0.4, 0.5) is 0 Å². The Hall–Kier alpha value is -1.59. The van der Waals surface area contributed by atoms with Crippen LogP contribution in [0, 0.1) is 11.8 Å². The number of hydrogen-bond acceptors (Lipinski definition) is 5. The Morgan fingerprint density at radius 2 is 1.71 bits per heavy atom. The standard InChI is InChI=1S/C11H17NO5/c1-3-16-10(14)7-5-9(13)12-6-8(7)11(15)17-4-2/h7-8H,3-6H2,1-2H3,(H,12,13)/t7-,8-/m1/s1. The van der Waals surface area contributed by atoms with E-state index in [-0.39, 0.29) is 32.1 Å². The minimum absolute atomic E-state index is 0.0255. The van der Waals surface area contributed by atoms with Gasteiger partial charge in [-0.15, -0.1) is 0 Å². The highest BCUT2D eigenvalue weighted by molar-refractivity contribution is 5.89. The summed E-state index contributed by atoms with van der Waals surface area (Å²) in [5, 5.41) is 2.55. The van der Waals surface area contributed by atoms with Gasteiger partial charge in [-0.25, -0.2) is 0 Å². The summed E-state index contributed by atoms with van der Waals surface area (Å²) < 4.78 is 9.74. The Kier molecular flexibility index (Phi) is 4.93. The highest BCUT2D eigenvalue weighted by atomic mass is 16.5. The minimum Gasteiger partial charge on any atom is -0.466 e. The molecule has 6 heteroatoms. The van der Waals surface area contributed by atoms with Crippen LogP contribution in [0.2, 0.25) is 0 Å². The first-order valence-electron chi connectivity index (χ1n) is 5.70. The van der Waals surface area contributed by atoms with Crippen molar-refractivity contribution in [3.63, 3.8) is 0 Å². The number of nitrogens with one attached hydrogen (secondary N) is 1. The van der Waals surface area contributed by atoms with Crippen LogP contribution in [0.1, 0.15) is 20.3 Å². The van der Waals surface area contributed by atoms with Crippen molar-refractivity contribution < 1.29 is 23.9 Å². The molecular weight excluding hydrogens is 226 g/mol. The maximum atomic E-state index is 11.7. The fourth-order valence-electron chi connectivity index (χ4n) is 1.77. The lowest BCUT2D eigenvalue weighted by atomic mass is 9.86. The summed E-state index contributed by atoms with van der Waals surface area (Å²) in [6.45, 7) is 3.98. The first-order chi connectivity index (χ1) is 8.10. The number of carbonyl (C=O) groups is 3. The normalized spacial score (nSPS) is 23.8. The van der Waals surface area contributed by atoms with Crippen molar-refractivity contribution in [3.05, 3.63) is 0 Å². The third-order valence-electron chi connectivity index (χ3n) is 2.59. The van der Waals surface area contributed by atoms with E-state index < -0.39 is 23.8 Å². The molecule has 0 saturated carbocycles. The fourth-order valence-corrected chi connectivity index (χ4v) is 1.77. The van der Waals surface area contributed by atoms with Crippen LogP contribution >= 0.6 is 0 Å². The number of rotatable bonds is 4. The van der Waals surface area contributed by atoms with E-state index in [1.165, 1.54) is 0 Å². The zero-order valence-electron chi connectivity index (χ0n) is 10.0. The number of carbonyl (C=O) groups excluding carboxylic acids is 3. The second-order valence-corrected chi connectivity index (χ2v) is 3.73. The number of esters is 2. The van der Waals surface area contributed by atoms with Gasteiger partial charge in [-0.1, -0.05) is 0 Å². The smallest absolute Gasteiger partial charge is 0.311 e. The lowest BCUT2D eigenvalue weighted by molar-refractivity contribution is -0.163. The predicted molar refractivity (Wildman–Crippen MR) is 57.9 cm³/mol. The molecule has 6 nitrogen and oxygen atoms in total. The summed E-state index contributed by atoms with van der Waals surface area (Å²) in [6.07, 6.45) is -0.0255. The molecule has 0 aliphatic carbocycles. The average Bonchev–Trinajstić information content (AvgIpc) is 2.29. The van der Waals surface area contributed by atoms with E-state index in [9.17, 15) is 14.4 Å². The predicted octanol–water partition coefficient (Wildman–Crippen LogP) is -0.135. The molecule has 1 rings (SSSR count). The van der Waals surface area contributed by atoms with Crippen LogP contribution in [0.5, 0.6) is 0 Å². The molecule has 1 aliphatic rings. The molecule has 96 valence electrons. The van der Waals surface area contributed by atoms with Crippen LogP contribution < -0.4 is 5.32 Å². The lowest BCUT2D eigenvalue weighted by Gasteiger charge is -2.28. The van der Waals surface area contributed by atoms with Gasteiger partial charge >= 0.3 is 11.9 Å². The van der Waals surface area contributed by atoms with Gasteiger partial charge < -0.3 is 14.8 Å². The largest absolute Gasteiger partial charge is 0.466 e. The molecule has 17 heavy (non-hydrogen) atoms. The van der Waals surface area contributed by atoms with E-state index in [1.807, 2.05) is 0 Å². The van der Waals surface area contributed by atoms with Crippen LogP contribution in [-0.4, -0.2) is 37.6 Å². The van der Waals surface area contributed by atoms with Gasteiger partial charge in [-0.05, 0) is 13.8 Å². The SMILES string of the molecule is CCOC(=O)[C@@H]1CNC(=O)C[C@H]1C(=O)OCC. The van der Waals surface area contributed by atoms with Crippen molar-refractivity contribution >= 4 is 17.8 Å². The molecular formula is C11H17NO5. The number of amides is 1. The van der Waals surface area contributed by atoms with E-state index in [2.05, 4.69) is 5.32 Å². The summed E-state index contributed by atoms with van der Waals surface area (Å²) in [7, 11) is 0. The van der Waals surface area contributed by atoms with E-state index in [0.29, 0.717) is 0 Å². The zero-order chi connectivity index (χ0) is 12.8. The van der Waals surface area contributed by atoms with Gasteiger partial charge in [0.1, 0.15) is 0 Å². The molecule has 0 spiro atoms. The first-order valence-corrected chi connectivity index (χ1v) is 5.70. The first kappa shape index (κ1) is 13.5. The van der Waals surface area contributed by atoms with Gasteiger partial charge in [0.25, 0.3) is 0 Å². The highest BCUT2D eigenvalue weighted by Gasteiger charge is 2.40. The molecule has 0 aromatic rings. The summed E-state index contributed by atoms with van der Waals surface area (Å²) >= 11 is 0. The molecule has 0 unspecified atom stereocenters. The number of hydrogen-bond donors (Lipinski definition) is 1. The van der Waals surface area contributed by atoms with Gasteiger partial charge in [-0.2, -0.15) is 0 Å². The van der Waals surface area contributed by atoms with Crippen molar-refractivity contribution in [1.29, 1.82) is 0 Å². The second kappa shape index (κ2) is 6.22. The molecule has 0 aromatic carbocycles. The van der Waals surface area contributed by atoms with Crippen molar-refractivity contribution in [3.8, 4) is 0 Å². The van der Waals surface area contributed by atoms with Crippen molar-refractivity contribution in [1.82, 2.24) is 5.32 Å². The molecule has 0 aromatic heterocycles. The minimum atomic E-state index is -0.734. The fraction of sp³-hybridized carbons (Fsp3) is 0.727. The third-order valence-corrected chi connectivity index (χ3v) is 2.59. The summed E-state index contributed by atoms with van der Waals surface area (Å²) in [4.78, 5) is 34.5. The summed E-state index contributed by atoms with van der Waals surface area (Å²) in [5.74, 6) is -2.61. The van der Waals surface area contributed by atoms with E-state index in [0.717, 1.165) is 0 Å². The zero-order valence-corrected chi connectivity index (χ0v) is 10.0. The van der Waals surface area contributed by atoms with Gasteiger partial charge in [0.05, 0.1) is 25.0 Å². The average molecular weight is 243 g/mol. The molecule has 1 amide bonds. The lowest BCUT2D eigenvalue weighted by Crippen LogP contribution is -2.47. The van der Waals surface area contributed by atoms with Crippen molar-refractivity contribution in [2.24, 2.45) is 11.8 Å². The molecule has 1 saturated heterocycles. The number of piperidine rings is 1. The molecule has 1 aliphatic heterocycles. The van der Waals surface area contributed by atoms with Crippen molar-refractivity contribution in [2.45, 2.75) is 20.3 Å². The van der Waals surface area contributed by atoms with Gasteiger partial charge in [-0.3, -0.25) is 14.4 Å².